The van der Waals surface area contributed by atoms with Gasteiger partial charge in [0.05, 0.1) is 17.1 Å². The minimum atomic E-state index is -0.379. The van der Waals surface area contributed by atoms with Crippen LogP contribution >= 0.6 is 0 Å². The highest BCUT2D eigenvalue weighted by atomic mass is 16.5. The fraction of sp³-hybridized carbons (Fsp3) is 0.182. The molecule has 0 amide bonds. The Bertz CT molecular complexity index is 404. The van der Waals surface area contributed by atoms with Crippen molar-refractivity contribution in [3.63, 3.8) is 0 Å². The maximum atomic E-state index is 10.6. The molecule has 5 nitrogen and oxygen atoms in total. The third-order valence-corrected chi connectivity index (χ3v) is 1.98. The molecule has 1 aromatic carbocycles. The van der Waals surface area contributed by atoms with E-state index in [2.05, 4.69) is 6.58 Å². The van der Waals surface area contributed by atoms with E-state index in [1.807, 2.05) is 12.1 Å². The van der Waals surface area contributed by atoms with Crippen molar-refractivity contribution in [2.45, 2.75) is 6.92 Å². The van der Waals surface area contributed by atoms with E-state index in [1.165, 1.54) is 11.9 Å². The Morgan fingerprint density at radius 2 is 2.12 bits per heavy atom. The minimum Gasteiger partial charge on any atom is -0.459 e. The molecule has 0 atom stereocenters. The molecular weight excluding hydrogens is 206 g/mol. The van der Waals surface area contributed by atoms with Crippen molar-refractivity contribution in [1.82, 2.24) is 0 Å². The highest BCUT2D eigenvalue weighted by Gasteiger charge is 2.09. The van der Waals surface area contributed by atoms with Crippen LogP contribution in [-0.4, -0.2) is 12.6 Å². The molecule has 0 saturated carbocycles. The number of nitrogens with zero attached hydrogens (tertiary/aromatic N) is 1. The molecule has 5 heteroatoms. The summed E-state index contributed by atoms with van der Waals surface area (Å²) < 4.78 is 4.79. The van der Waals surface area contributed by atoms with Gasteiger partial charge in [-0.2, -0.15) is 0 Å². The van der Waals surface area contributed by atoms with Crippen LogP contribution in [0.25, 0.3) is 0 Å². The third-order valence-electron chi connectivity index (χ3n) is 1.98. The lowest BCUT2D eigenvalue weighted by atomic mass is 10.2. The first kappa shape index (κ1) is 12.1. The molecule has 0 spiro atoms. The van der Waals surface area contributed by atoms with E-state index in [1.54, 1.807) is 12.1 Å². The number of nitrogen functional groups attached to an aromatic ring is 1. The Morgan fingerprint density at radius 1 is 1.50 bits per heavy atom. The average Bonchev–Trinajstić information content (AvgIpc) is 2.25. The largest absolute Gasteiger partial charge is 0.459 e. The SMILES string of the molecule is C=C(COC(C)=O)N(N)c1ccccc1N. The van der Waals surface area contributed by atoms with Crippen molar-refractivity contribution >= 4 is 17.3 Å². The van der Waals surface area contributed by atoms with Crippen LogP contribution in [-0.2, 0) is 9.53 Å². The molecule has 0 unspecified atom stereocenters. The van der Waals surface area contributed by atoms with Gasteiger partial charge in [0.25, 0.3) is 0 Å². The zero-order chi connectivity index (χ0) is 12.1. The molecular formula is C11H15N3O2. The number of carbonyl (C=O) groups is 1. The quantitative estimate of drug-likeness (QED) is 0.343. The van der Waals surface area contributed by atoms with Crippen LogP contribution in [0.15, 0.2) is 36.5 Å². The molecule has 1 rings (SSSR count). The van der Waals surface area contributed by atoms with E-state index in [9.17, 15) is 4.79 Å². The smallest absolute Gasteiger partial charge is 0.303 e. The molecule has 0 aliphatic rings. The Balaban J connectivity index is 2.71. The normalized spacial score (nSPS) is 9.62. The van der Waals surface area contributed by atoms with Gasteiger partial charge < -0.3 is 10.5 Å². The molecule has 16 heavy (non-hydrogen) atoms. The van der Waals surface area contributed by atoms with Gasteiger partial charge in [0.1, 0.15) is 6.61 Å². The topological polar surface area (TPSA) is 81.6 Å². The first-order valence-corrected chi connectivity index (χ1v) is 4.73. The number of ether oxygens (including phenoxy) is 1. The van der Waals surface area contributed by atoms with E-state index in [0.29, 0.717) is 17.1 Å². The van der Waals surface area contributed by atoms with E-state index in [-0.39, 0.29) is 12.6 Å². The molecule has 0 saturated heterocycles. The highest BCUT2D eigenvalue weighted by Crippen LogP contribution is 2.22. The number of anilines is 2. The highest BCUT2D eigenvalue weighted by molar-refractivity contribution is 5.69. The molecule has 0 bridgehead atoms. The monoisotopic (exact) mass is 221 g/mol. The number of hydrogen-bond acceptors (Lipinski definition) is 5. The summed E-state index contributed by atoms with van der Waals surface area (Å²) in [5.41, 5.74) is 7.36. The maximum Gasteiger partial charge on any atom is 0.303 e. The van der Waals surface area contributed by atoms with Crippen molar-refractivity contribution in [2.75, 3.05) is 17.3 Å². The number of para-hydroxylation sites is 2. The summed E-state index contributed by atoms with van der Waals surface area (Å²) in [6.45, 7) is 5.08. The van der Waals surface area contributed by atoms with E-state index in [4.69, 9.17) is 16.3 Å². The van der Waals surface area contributed by atoms with E-state index < -0.39 is 0 Å². The predicted molar refractivity (Wildman–Crippen MR) is 63.3 cm³/mol. The van der Waals surface area contributed by atoms with Gasteiger partial charge in [-0.1, -0.05) is 18.7 Å². The van der Waals surface area contributed by atoms with Gasteiger partial charge in [-0.25, -0.2) is 5.84 Å². The Morgan fingerprint density at radius 3 is 2.69 bits per heavy atom. The minimum absolute atomic E-state index is 0.0418. The van der Waals surface area contributed by atoms with E-state index >= 15 is 0 Å². The maximum absolute atomic E-state index is 10.6. The summed E-state index contributed by atoms with van der Waals surface area (Å²) in [4.78, 5) is 10.6. The summed E-state index contributed by atoms with van der Waals surface area (Å²) in [5, 5.41) is 1.30. The lowest BCUT2D eigenvalue weighted by Crippen LogP contribution is -2.32. The molecule has 0 aliphatic carbocycles. The van der Waals surface area contributed by atoms with Crippen LogP contribution in [0, 0.1) is 0 Å². The van der Waals surface area contributed by atoms with Gasteiger partial charge in [0.2, 0.25) is 0 Å². The zero-order valence-corrected chi connectivity index (χ0v) is 9.14. The lowest BCUT2D eigenvalue weighted by Gasteiger charge is -2.22. The van der Waals surface area contributed by atoms with E-state index in [0.717, 1.165) is 0 Å². The van der Waals surface area contributed by atoms with Crippen molar-refractivity contribution in [3.05, 3.63) is 36.5 Å². The fourth-order valence-electron chi connectivity index (χ4n) is 1.13. The van der Waals surface area contributed by atoms with Crippen LogP contribution in [0.3, 0.4) is 0 Å². The Labute approximate surface area is 94.3 Å². The van der Waals surface area contributed by atoms with Gasteiger partial charge in [-0.15, -0.1) is 0 Å². The van der Waals surface area contributed by atoms with Gasteiger partial charge in [0.15, 0.2) is 0 Å². The third kappa shape index (κ3) is 2.99. The molecule has 1 aromatic rings. The zero-order valence-electron chi connectivity index (χ0n) is 9.14. The number of benzene rings is 1. The van der Waals surface area contributed by atoms with Gasteiger partial charge in [-0.3, -0.25) is 9.80 Å². The first-order valence-electron chi connectivity index (χ1n) is 4.73. The molecule has 0 aromatic heterocycles. The Kier molecular flexibility index (Phi) is 3.90. The summed E-state index contributed by atoms with van der Waals surface area (Å²) in [7, 11) is 0. The molecule has 0 radical (unpaired) electrons. The summed E-state index contributed by atoms with van der Waals surface area (Å²) in [5.74, 6) is 5.41. The van der Waals surface area contributed by atoms with Crippen LogP contribution in [0.2, 0.25) is 0 Å². The summed E-state index contributed by atoms with van der Waals surface area (Å²) in [6, 6.07) is 7.11. The number of carbonyl (C=O) groups excluding carboxylic acids is 1. The fourth-order valence-corrected chi connectivity index (χ4v) is 1.13. The number of hydrazine groups is 1. The van der Waals surface area contributed by atoms with Crippen molar-refractivity contribution in [2.24, 2.45) is 5.84 Å². The van der Waals surface area contributed by atoms with Crippen LogP contribution in [0.4, 0.5) is 11.4 Å². The van der Waals surface area contributed by atoms with Gasteiger partial charge in [-0.05, 0) is 12.1 Å². The van der Waals surface area contributed by atoms with Crippen molar-refractivity contribution < 1.29 is 9.53 Å². The van der Waals surface area contributed by atoms with Crippen LogP contribution in [0.1, 0.15) is 6.92 Å². The van der Waals surface area contributed by atoms with Crippen molar-refractivity contribution in [1.29, 1.82) is 0 Å². The van der Waals surface area contributed by atoms with Gasteiger partial charge >= 0.3 is 5.97 Å². The molecule has 0 fully saturated rings. The second-order valence-corrected chi connectivity index (χ2v) is 3.28. The standard InChI is InChI=1S/C11H15N3O2/c1-8(7-16-9(2)15)14(13)11-6-4-3-5-10(11)12/h3-6H,1,7,12-13H2,2H3. The van der Waals surface area contributed by atoms with Crippen molar-refractivity contribution in [3.8, 4) is 0 Å². The molecule has 86 valence electrons. The second-order valence-electron chi connectivity index (χ2n) is 3.28. The second kappa shape index (κ2) is 5.18. The molecule has 0 heterocycles. The number of rotatable bonds is 4. The number of hydrogen-bond donors (Lipinski definition) is 2. The Hall–Kier alpha value is -2.01. The molecule has 0 aliphatic heterocycles. The average molecular weight is 221 g/mol. The number of nitrogens with two attached hydrogens (primary N) is 2. The van der Waals surface area contributed by atoms with Crippen LogP contribution < -0.4 is 16.6 Å². The van der Waals surface area contributed by atoms with Crippen LogP contribution in [0.5, 0.6) is 0 Å². The lowest BCUT2D eigenvalue weighted by molar-refractivity contribution is -0.139. The molecule has 4 N–H and O–H groups in total. The number of esters is 1. The first-order chi connectivity index (χ1) is 7.52. The summed E-state index contributed by atoms with van der Waals surface area (Å²) in [6.07, 6.45) is 0. The predicted octanol–water partition coefficient (Wildman–Crippen LogP) is 1.03. The van der Waals surface area contributed by atoms with Gasteiger partial charge in [0, 0.05) is 6.92 Å². The summed E-state index contributed by atoms with van der Waals surface area (Å²) >= 11 is 0.